The minimum atomic E-state index is 0.808. The molecule has 4 aromatic rings. The summed E-state index contributed by atoms with van der Waals surface area (Å²) in [5.74, 6) is 0. The SMILES string of the molecule is [c]1nc2ccc(-c3ccccc3)cc2nc1-c1cccs1. The van der Waals surface area contributed by atoms with Crippen LogP contribution in [0.4, 0.5) is 0 Å². The van der Waals surface area contributed by atoms with Crippen LogP contribution in [0, 0.1) is 6.20 Å². The number of hydrogen-bond acceptors (Lipinski definition) is 3. The van der Waals surface area contributed by atoms with Crippen LogP contribution in [0.3, 0.4) is 0 Å². The molecule has 0 atom stereocenters. The Balaban J connectivity index is 1.86. The van der Waals surface area contributed by atoms with Crippen LogP contribution in [-0.2, 0) is 0 Å². The molecule has 0 amide bonds. The molecule has 0 unspecified atom stereocenters. The Bertz CT molecular complexity index is 884. The van der Waals surface area contributed by atoms with Crippen molar-refractivity contribution >= 4 is 22.4 Å². The number of nitrogens with zero attached hydrogens (tertiary/aromatic N) is 2. The van der Waals surface area contributed by atoms with Gasteiger partial charge in [-0.1, -0.05) is 42.5 Å². The molecule has 0 bridgehead atoms. The van der Waals surface area contributed by atoms with Gasteiger partial charge in [0.2, 0.25) is 0 Å². The first kappa shape index (κ1) is 12.2. The quantitative estimate of drug-likeness (QED) is 0.528. The number of aromatic nitrogens is 2. The van der Waals surface area contributed by atoms with Crippen molar-refractivity contribution in [3.8, 4) is 21.7 Å². The van der Waals surface area contributed by atoms with Gasteiger partial charge in [-0.15, -0.1) is 11.3 Å². The third-order valence-corrected chi connectivity index (χ3v) is 4.23. The highest BCUT2D eigenvalue weighted by Gasteiger charge is 2.06. The fourth-order valence-electron chi connectivity index (χ4n) is 2.30. The van der Waals surface area contributed by atoms with Crippen LogP contribution < -0.4 is 0 Å². The fourth-order valence-corrected chi connectivity index (χ4v) is 2.96. The van der Waals surface area contributed by atoms with E-state index in [-0.39, 0.29) is 0 Å². The Morgan fingerprint density at radius 2 is 1.71 bits per heavy atom. The molecular weight excluding hydrogens is 276 g/mol. The van der Waals surface area contributed by atoms with Crippen LogP contribution in [0.5, 0.6) is 0 Å². The first-order valence-corrected chi connectivity index (χ1v) is 7.57. The Labute approximate surface area is 126 Å². The normalized spacial score (nSPS) is 10.9. The summed E-state index contributed by atoms with van der Waals surface area (Å²) in [5, 5.41) is 2.04. The zero-order chi connectivity index (χ0) is 14.1. The van der Waals surface area contributed by atoms with Crippen LogP contribution in [0.15, 0.2) is 66.0 Å². The molecule has 4 rings (SSSR count). The molecule has 99 valence electrons. The van der Waals surface area contributed by atoms with Crippen molar-refractivity contribution in [3.63, 3.8) is 0 Å². The van der Waals surface area contributed by atoms with E-state index in [1.807, 2.05) is 41.8 Å². The molecule has 2 heterocycles. The molecule has 2 nitrogen and oxygen atoms in total. The van der Waals surface area contributed by atoms with Crippen molar-refractivity contribution in [2.24, 2.45) is 0 Å². The van der Waals surface area contributed by atoms with E-state index in [0.717, 1.165) is 27.2 Å². The molecule has 3 heteroatoms. The van der Waals surface area contributed by atoms with Gasteiger partial charge in [0.1, 0.15) is 11.9 Å². The molecule has 0 saturated carbocycles. The van der Waals surface area contributed by atoms with Gasteiger partial charge in [0, 0.05) is 0 Å². The molecule has 0 spiro atoms. The van der Waals surface area contributed by atoms with Gasteiger partial charge in [-0.05, 0) is 34.7 Å². The second-order valence-corrected chi connectivity index (χ2v) is 5.68. The van der Waals surface area contributed by atoms with Crippen LogP contribution in [0.25, 0.3) is 32.7 Å². The van der Waals surface area contributed by atoms with Gasteiger partial charge in [0.15, 0.2) is 0 Å². The summed E-state index contributed by atoms with van der Waals surface area (Å²) in [6.07, 6.45) is 3.02. The summed E-state index contributed by atoms with van der Waals surface area (Å²) in [5.41, 5.74) is 4.92. The van der Waals surface area contributed by atoms with E-state index >= 15 is 0 Å². The van der Waals surface area contributed by atoms with E-state index in [2.05, 4.69) is 35.4 Å². The summed E-state index contributed by atoms with van der Waals surface area (Å²) in [6.45, 7) is 0. The first-order chi connectivity index (χ1) is 10.4. The van der Waals surface area contributed by atoms with Crippen molar-refractivity contribution in [2.45, 2.75) is 0 Å². The Morgan fingerprint density at radius 3 is 2.52 bits per heavy atom. The van der Waals surface area contributed by atoms with Gasteiger partial charge in [-0.25, -0.2) is 9.97 Å². The zero-order valence-electron chi connectivity index (χ0n) is 11.2. The predicted molar refractivity (Wildman–Crippen MR) is 87.1 cm³/mol. The van der Waals surface area contributed by atoms with Crippen molar-refractivity contribution in [1.82, 2.24) is 9.97 Å². The van der Waals surface area contributed by atoms with E-state index in [0.29, 0.717) is 0 Å². The molecule has 0 saturated heterocycles. The fraction of sp³-hybridized carbons (Fsp3) is 0. The first-order valence-electron chi connectivity index (χ1n) is 6.69. The van der Waals surface area contributed by atoms with Crippen molar-refractivity contribution in [2.75, 3.05) is 0 Å². The smallest absolute Gasteiger partial charge is 0.119 e. The minimum Gasteiger partial charge on any atom is -0.243 e. The summed E-state index contributed by atoms with van der Waals surface area (Å²) >= 11 is 1.65. The molecule has 1 radical (unpaired) electrons. The van der Waals surface area contributed by atoms with Crippen molar-refractivity contribution in [1.29, 1.82) is 0 Å². The summed E-state index contributed by atoms with van der Waals surface area (Å²) in [4.78, 5) is 10.2. The standard InChI is InChI=1S/C18H11N2S/c1-2-5-13(6-3-1)14-8-9-15-16(11-14)20-17(12-19-15)18-7-4-10-21-18/h1-11H. The van der Waals surface area contributed by atoms with Crippen LogP contribution in [0.2, 0.25) is 0 Å². The number of fused-ring (bicyclic) bond motifs is 1. The predicted octanol–water partition coefficient (Wildman–Crippen LogP) is 4.83. The molecule has 0 aliphatic carbocycles. The average Bonchev–Trinajstić information content (AvgIpc) is 3.09. The maximum absolute atomic E-state index is 4.70. The number of rotatable bonds is 2. The largest absolute Gasteiger partial charge is 0.243 e. The Morgan fingerprint density at radius 1 is 0.810 bits per heavy atom. The average molecular weight is 287 g/mol. The zero-order valence-corrected chi connectivity index (χ0v) is 12.0. The summed E-state index contributed by atoms with van der Waals surface area (Å²) in [7, 11) is 0. The molecule has 0 aliphatic heterocycles. The third kappa shape index (κ3) is 2.32. The van der Waals surface area contributed by atoms with Crippen molar-refractivity contribution < 1.29 is 0 Å². The molecule has 2 aromatic carbocycles. The van der Waals surface area contributed by atoms with E-state index in [9.17, 15) is 0 Å². The van der Waals surface area contributed by atoms with Crippen molar-refractivity contribution in [3.05, 3.63) is 72.2 Å². The lowest BCUT2D eigenvalue weighted by molar-refractivity contribution is 1.29. The van der Waals surface area contributed by atoms with E-state index in [4.69, 9.17) is 4.98 Å². The van der Waals surface area contributed by atoms with Gasteiger partial charge in [-0.3, -0.25) is 0 Å². The minimum absolute atomic E-state index is 0.808. The molecule has 0 N–H and O–H groups in total. The highest BCUT2D eigenvalue weighted by molar-refractivity contribution is 7.13. The summed E-state index contributed by atoms with van der Waals surface area (Å²) in [6, 6.07) is 20.5. The number of thiophene rings is 1. The maximum atomic E-state index is 4.70. The number of benzene rings is 2. The number of hydrogen-bond donors (Lipinski definition) is 0. The monoisotopic (exact) mass is 287 g/mol. The Kier molecular flexibility index (Phi) is 2.98. The topological polar surface area (TPSA) is 25.8 Å². The maximum Gasteiger partial charge on any atom is 0.119 e. The molecule has 2 aromatic heterocycles. The molecular formula is C18H11N2S. The molecule has 21 heavy (non-hydrogen) atoms. The van der Waals surface area contributed by atoms with Gasteiger partial charge in [0.25, 0.3) is 0 Å². The van der Waals surface area contributed by atoms with Crippen LogP contribution in [-0.4, -0.2) is 9.97 Å². The van der Waals surface area contributed by atoms with Gasteiger partial charge in [-0.2, -0.15) is 0 Å². The van der Waals surface area contributed by atoms with Gasteiger partial charge < -0.3 is 0 Å². The van der Waals surface area contributed by atoms with Gasteiger partial charge in [0.05, 0.1) is 15.9 Å². The summed E-state index contributed by atoms with van der Waals surface area (Å²) < 4.78 is 0. The Hall–Kier alpha value is -2.52. The second kappa shape index (κ2) is 5.11. The van der Waals surface area contributed by atoms with Crippen LogP contribution in [0.1, 0.15) is 0 Å². The van der Waals surface area contributed by atoms with Gasteiger partial charge >= 0.3 is 0 Å². The lowest BCUT2D eigenvalue weighted by atomic mass is 10.1. The third-order valence-electron chi connectivity index (χ3n) is 3.35. The second-order valence-electron chi connectivity index (χ2n) is 4.73. The van der Waals surface area contributed by atoms with E-state index < -0.39 is 0 Å². The van der Waals surface area contributed by atoms with Crippen LogP contribution >= 0.6 is 11.3 Å². The highest BCUT2D eigenvalue weighted by atomic mass is 32.1. The van der Waals surface area contributed by atoms with E-state index in [1.165, 1.54) is 5.56 Å². The lowest BCUT2D eigenvalue weighted by Gasteiger charge is -2.04. The molecule has 0 fully saturated rings. The van der Waals surface area contributed by atoms with E-state index in [1.54, 1.807) is 11.3 Å². The highest BCUT2D eigenvalue weighted by Crippen LogP contribution is 2.26. The lowest BCUT2D eigenvalue weighted by Crippen LogP contribution is -1.88. The molecule has 0 aliphatic rings.